The van der Waals surface area contributed by atoms with Crippen molar-refractivity contribution in [3.05, 3.63) is 77.9 Å². The molecule has 0 saturated carbocycles. The van der Waals surface area contributed by atoms with Gasteiger partial charge >= 0.3 is 0 Å². The van der Waals surface area contributed by atoms with Crippen LogP contribution < -0.4 is 10.2 Å². The predicted molar refractivity (Wildman–Crippen MR) is 96.4 cm³/mol. The number of hydrogen-bond acceptors (Lipinski definition) is 3. The van der Waals surface area contributed by atoms with E-state index in [1.165, 1.54) is 0 Å². The van der Waals surface area contributed by atoms with Crippen molar-refractivity contribution in [1.29, 1.82) is 0 Å². The van der Waals surface area contributed by atoms with E-state index >= 15 is 0 Å². The van der Waals surface area contributed by atoms with Gasteiger partial charge in [-0.25, -0.2) is 5.43 Å². The first-order valence-electron chi connectivity index (χ1n) is 7.69. The minimum Gasteiger partial charge on any atom is -0.496 e. The maximum absolute atomic E-state index is 12.0. The molecular formula is C20H18N2O2. The van der Waals surface area contributed by atoms with Gasteiger partial charge in [-0.2, -0.15) is 5.10 Å². The van der Waals surface area contributed by atoms with Gasteiger partial charge in [-0.15, -0.1) is 0 Å². The molecule has 4 nitrogen and oxygen atoms in total. The van der Waals surface area contributed by atoms with E-state index in [9.17, 15) is 4.79 Å². The van der Waals surface area contributed by atoms with Crippen LogP contribution in [0.15, 0.2) is 71.8 Å². The Balaban J connectivity index is 1.77. The zero-order chi connectivity index (χ0) is 16.8. The lowest BCUT2D eigenvalue weighted by atomic mass is 10.0. The van der Waals surface area contributed by atoms with Crippen LogP contribution in [0.2, 0.25) is 0 Å². The highest BCUT2D eigenvalue weighted by Gasteiger charge is 2.06. The number of ether oxygens (including phenoxy) is 1. The van der Waals surface area contributed by atoms with Crippen LogP contribution in [-0.4, -0.2) is 19.2 Å². The molecule has 0 aromatic heterocycles. The molecule has 0 atom stereocenters. The number of methoxy groups -OCH3 is 1. The molecule has 0 aliphatic rings. The van der Waals surface area contributed by atoms with E-state index in [1.807, 2.05) is 66.7 Å². The van der Waals surface area contributed by atoms with Gasteiger partial charge in [-0.05, 0) is 22.4 Å². The van der Waals surface area contributed by atoms with E-state index in [1.54, 1.807) is 13.3 Å². The lowest BCUT2D eigenvalue weighted by Gasteiger charge is -2.08. The molecule has 0 aliphatic carbocycles. The molecule has 1 N–H and O–H groups in total. The number of nitrogens with zero attached hydrogens (tertiary/aromatic N) is 1. The summed E-state index contributed by atoms with van der Waals surface area (Å²) < 4.78 is 5.40. The van der Waals surface area contributed by atoms with Crippen LogP contribution >= 0.6 is 0 Å². The van der Waals surface area contributed by atoms with Gasteiger partial charge in [0, 0.05) is 5.56 Å². The van der Waals surface area contributed by atoms with Crippen LogP contribution in [0.3, 0.4) is 0 Å². The molecule has 0 saturated heterocycles. The average Bonchev–Trinajstić information content (AvgIpc) is 2.62. The Hall–Kier alpha value is -3.14. The molecule has 0 bridgehead atoms. The van der Waals surface area contributed by atoms with Crippen LogP contribution in [0.1, 0.15) is 11.1 Å². The predicted octanol–water partition coefficient (Wildman–Crippen LogP) is 3.54. The van der Waals surface area contributed by atoms with Crippen molar-refractivity contribution in [2.24, 2.45) is 5.10 Å². The molecule has 1 amide bonds. The molecule has 0 unspecified atom stereocenters. The topological polar surface area (TPSA) is 50.7 Å². The summed E-state index contributed by atoms with van der Waals surface area (Å²) in [7, 11) is 1.62. The summed E-state index contributed by atoms with van der Waals surface area (Å²) in [5.41, 5.74) is 4.37. The molecular weight excluding hydrogens is 300 g/mol. The van der Waals surface area contributed by atoms with Crippen molar-refractivity contribution in [1.82, 2.24) is 5.43 Å². The highest BCUT2D eigenvalue weighted by atomic mass is 16.5. The largest absolute Gasteiger partial charge is 0.496 e. The molecule has 0 radical (unpaired) electrons. The van der Waals surface area contributed by atoms with E-state index in [0.29, 0.717) is 6.42 Å². The number of nitrogens with one attached hydrogen (secondary N) is 1. The van der Waals surface area contributed by atoms with Crippen molar-refractivity contribution in [2.75, 3.05) is 7.11 Å². The quantitative estimate of drug-likeness (QED) is 0.578. The van der Waals surface area contributed by atoms with Crippen molar-refractivity contribution < 1.29 is 9.53 Å². The summed E-state index contributed by atoms with van der Waals surface area (Å²) >= 11 is 0. The Bertz CT molecular complexity index is 873. The Morgan fingerprint density at radius 2 is 1.79 bits per heavy atom. The van der Waals surface area contributed by atoms with Gasteiger partial charge in [0.1, 0.15) is 5.75 Å². The number of carbonyl (C=O) groups excluding carboxylic acids is 1. The van der Waals surface area contributed by atoms with Crippen molar-refractivity contribution in [2.45, 2.75) is 6.42 Å². The molecule has 3 rings (SSSR count). The second kappa shape index (κ2) is 7.42. The third-order valence-corrected chi connectivity index (χ3v) is 3.74. The molecule has 24 heavy (non-hydrogen) atoms. The van der Waals surface area contributed by atoms with Crippen LogP contribution in [0.5, 0.6) is 5.75 Å². The van der Waals surface area contributed by atoms with Gasteiger partial charge in [-0.1, -0.05) is 60.7 Å². The Morgan fingerprint density at radius 3 is 2.58 bits per heavy atom. The number of rotatable bonds is 5. The van der Waals surface area contributed by atoms with Crippen LogP contribution in [0, 0.1) is 0 Å². The normalized spacial score (nSPS) is 10.9. The first-order valence-corrected chi connectivity index (χ1v) is 7.69. The fourth-order valence-corrected chi connectivity index (χ4v) is 2.58. The van der Waals surface area contributed by atoms with E-state index in [2.05, 4.69) is 10.5 Å². The maximum atomic E-state index is 12.0. The summed E-state index contributed by atoms with van der Waals surface area (Å²) in [5, 5.41) is 6.21. The van der Waals surface area contributed by atoms with E-state index in [4.69, 9.17) is 4.74 Å². The number of fused-ring (bicyclic) bond motifs is 1. The first-order chi connectivity index (χ1) is 11.8. The molecule has 3 aromatic rings. The van der Waals surface area contributed by atoms with Gasteiger partial charge in [-0.3, -0.25) is 4.79 Å². The molecule has 0 spiro atoms. The van der Waals surface area contributed by atoms with E-state index in [-0.39, 0.29) is 5.91 Å². The zero-order valence-corrected chi connectivity index (χ0v) is 13.4. The Labute approximate surface area is 140 Å². The fraction of sp³-hybridized carbons (Fsp3) is 0.100. The number of carbonyl (C=O) groups is 1. The second-order valence-electron chi connectivity index (χ2n) is 5.36. The van der Waals surface area contributed by atoms with E-state index < -0.39 is 0 Å². The Kier molecular flexibility index (Phi) is 4.87. The number of amides is 1. The average molecular weight is 318 g/mol. The summed E-state index contributed by atoms with van der Waals surface area (Å²) in [4.78, 5) is 12.0. The van der Waals surface area contributed by atoms with Crippen LogP contribution in [0.4, 0.5) is 0 Å². The monoisotopic (exact) mass is 318 g/mol. The van der Waals surface area contributed by atoms with Crippen molar-refractivity contribution in [3.8, 4) is 5.75 Å². The molecule has 120 valence electrons. The lowest BCUT2D eigenvalue weighted by molar-refractivity contribution is -0.120. The van der Waals surface area contributed by atoms with E-state index in [0.717, 1.165) is 27.6 Å². The third-order valence-electron chi connectivity index (χ3n) is 3.74. The summed E-state index contributed by atoms with van der Waals surface area (Å²) in [6, 6.07) is 21.4. The molecule has 0 fully saturated rings. The minimum atomic E-state index is -0.156. The summed E-state index contributed by atoms with van der Waals surface area (Å²) in [6.07, 6.45) is 1.93. The molecule has 0 aliphatic heterocycles. The number of hydrazone groups is 1. The van der Waals surface area contributed by atoms with Gasteiger partial charge in [0.15, 0.2) is 0 Å². The lowest BCUT2D eigenvalue weighted by Crippen LogP contribution is -2.19. The van der Waals surface area contributed by atoms with Gasteiger partial charge in [0.25, 0.3) is 0 Å². The summed E-state index contributed by atoms with van der Waals surface area (Å²) in [6.45, 7) is 0. The van der Waals surface area contributed by atoms with Crippen LogP contribution in [0.25, 0.3) is 10.8 Å². The molecule has 3 aromatic carbocycles. The smallest absolute Gasteiger partial charge is 0.244 e. The standard InChI is InChI=1S/C20H18N2O2/c1-24-19-12-11-16-9-5-6-10-17(16)18(19)14-21-22-20(23)13-15-7-3-2-4-8-15/h2-12,14H,13H2,1H3,(H,22,23). The van der Waals surface area contributed by atoms with Crippen molar-refractivity contribution >= 4 is 22.9 Å². The third kappa shape index (κ3) is 3.60. The zero-order valence-electron chi connectivity index (χ0n) is 13.4. The van der Waals surface area contributed by atoms with Crippen LogP contribution in [-0.2, 0) is 11.2 Å². The fourth-order valence-electron chi connectivity index (χ4n) is 2.58. The second-order valence-corrected chi connectivity index (χ2v) is 5.36. The molecule has 4 heteroatoms. The number of hydrogen-bond donors (Lipinski definition) is 1. The number of benzene rings is 3. The highest BCUT2D eigenvalue weighted by Crippen LogP contribution is 2.26. The van der Waals surface area contributed by atoms with Gasteiger partial charge in [0.05, 0.1) is 19.7 Å². The maximum Gasteiger partial charge on any atom is 0.244 e. The molecule has 0 heterocycles. The van der Waals surface area contributed by atoms with Gasteiger partial charge in [0.2, 0.25) is 5.91 Å². The minimum absolute atomic E-state index is 0.156. The SMILES string of the molecule is COc1ccc2ccccc2c1C=NNC(=O)Cc1ccccc1. The Morgan fingerprint density at radius 1 is 1.04 bits per heavy atom. The highest BCUT2D eigenvalue weighted by molar-refractivity contribution is 6.02. The van der Waals surface area contributed by atoms with Crippen molar-refractivity contribution in [3.63, 3.8) is 0 Å². The van der Waals surface area contributed by atoms with Gasteiger partial charge < -0.3 is 4.74 Å². The first kappa shape index (κ1) is 15.7. The summed E-state index contributed by atoms with van der Waals surface area (Å²) in [5.74, 6) is 0.561.